The molecular weight excluding hydrogens is 344 g/mol. The van der Waals surface area contributed by atoms with Crippen molar-refractivity contribution < 1.29 is 14.3 Å². The van der Waals surface area contributed by atoms with Crippen LogP contribution in [0.5, 0.6) is 0 Å². The predicted octanol–water partition coefficient (Wildman–Crippen LogP) is 4.26. The van der Waals surface area contributed by atoms with Gasteiger partial charge in [-0.2, -0.15) is 0 Å². The number of nitrogens with zero attached hydrogens (tertiary/aromatic N) is 2. The van der Waals surface area contributed by atoms with Crippen LogP contribution in [0.25, 0.3) is 0 Å². The molecule has 1 heterocycles. The molecule has 1 atom stereocenters. The van der Waals surface area contributed by atoms with E-state index >= 15 is 0 Å². The SMILES string of the molecule is CC(C)(C)[Si](C)(C)OCCN(C(=O)O)C1CCN(Cc2ccccc2)C1. The second-order valence-corrected chi connectivity index (χ2v) is 13.6. The lowest BCUT2D eigenvalue weighted by Gasteiger charge is -2.37. The lowest BCUT2D eigenvalue weighted by atomic mass is 10.2. The highest BCUT2D eigenvalue weighted by Gasteiger charge is 2.37. The first-order valence-corrected chi connectivity index (χ1v) is 12.4. The van der Waals surface area contributed by atoms with Gasteiger partial charge in [0.05, 0.1) is 6.61 Å². The van der Waals surface area contributed by atoms with E-state index in [-0.39, 0.29) is 11.1 Å². The van der Waals surface area contributed by atoms with Crippen molar-refractivity contribution in [3.8, 4) is 0 Å². The maximum Gasteiger partial charge on any atom is 0.407 e. The molecule has 0 bridgehead atoms. The van der Waals surface area contributed by atoms with E-state index in [4.69, 9.17) is 4.43 Å². The summed E-state index contributed by atoms with van der Waals surface area (Å²) in [6, 6.07) is 10.4. The van der Waals surface area contributed by atoms with Gasteiger partial charge < -0.3 is 14.4 Å². The zero-order valence-corrected chi connectivity index (χ0v) is 17.9. The van der Waals surface area contributed by atoms with Gasteiger partial charge in [0, 0.05) is 32.2 Å². The van der Waals surface area contributed by atoms with Crippen molar-refractivity contribution in [2.75, 3.05) is 26.2 Å². The number of carboxylic acid groups (broad SMARTS) is 1. The monoisotopic (exact) mass is 378 g/mol. The number of benzene rings is 1. The Morgan fingerprint density at radius 1 is 1.31 bits per heavy atom. The largest absolute Gasteiger partial charge is 0.465 e. The molecule has 1 aliphatic rings. The topological polar surface area (TPSA) is 53.0 Å². The van der Waals surface area contributed by atoms with Crippen molar-refractivity contribution in [1.82, 2.24) is 9.80 Å². The Bertz CT molecular complexity index is 586. The maximum absolute atomic E-state index is 11.8. The first kappa shape index (κ1) is 20.9. The summed E-state index contributed by atoms with van der Waals surface area (Å²) >= 11 is 0. The summed E-state index contributed by atoms with van der Waals surface area (Å²) < 4.78 is 6.18. The third-order valence-corrected chi connectivity index (χ3v) is 10.3. The molecule has 1 unspecified atom stereocenters. The normalized spacial score (nSPS) is 18.9. The lowest BCUT2D eigenvalue weighted by Crippen LogP contribution is -2.46. The smallest absolute Gasteiger partial charge is 0.407 e. The summed E-state index contributed by atoms with van der Waals surface area (Å²) in [4.78, 5) is 15.7. The van der Waals surface area contributed by atoms with Crippen LogP contribution in [0.2, 0.25) is 18.1 Å². The summed E-state index contributed by atoms with van der Waals surface area (Å²) in [6.07, 6.45) is 0.0505. The molecule has 1 fully saturated rings. The van der Waals surface area contributed by atoms with E-state index in [1.165, 1.54) is 5.56 Å². The standard InChI is InChI=1S/C20H34N2O3Si/c1-20(2,3)26(4,5)25-14-13-22(19(23)24)18-11-12-21(16-18)15-17-9-7-6-8-10-17/h6-10,18H,11-16H2,1-5H3,(H,23,24). The quantitative estimate of drug-likeness (QED) is 0.720. The highest BCUT2D eigenvalue weighted by Crippen LogP contribution is 2.36. The van der Waals surface area contributed by atoms with E-state index in [1.54, 1.807) is 4.90 Å². The molecule has 26 heavy (non-hydrogen) atoms. The predicted molar refractivity (Wildman–Crippen MR) is 108 cm³/mol. The molecule has 1 amide bonds. The number of carbonyl (C=O) groups is 1. The van der Waals surface area contributed by atoms with Gasteiger partial charge in [0.15, 0.2) is 8.32 Å². The third kappa shape index (κ3) is 5.56. The summed E-state index contributed by atoms with van der Waals surface area (Å²) in [5, 5.41) is 9.80. The molecule has 0 aliphatic carbocycles. The molecule has 146 valence electrons. The van der Waals surface area contributed by atoms with Crippen molar-refractivity contribution in [3.63, 3.8) is 0 Å². The number of likely N-dealkylation sites (tertiary alicyclic amines) is 1. The molecule has 1 N–H and O–H groups in total. The van der Waals surface area contributed by atoms with E-state index in [1.807, 2.05) is 18.2 Å². The van der Waals surface area contributed by atoms with Crippen LogP contribution in [0, 0.1) is 0 Å². The molecule has 0 radical (unpaired) electrons. The lowest BCUT2D eigenvalue weighted by molar-refractivity contribution is 0.111. The minimum atomic E-state index is -1.84. The Balaban J connectivity index is 1.87. The van der Waals surface area contributed by atoms with Crippen molar-refractivity contribution in [2.24, 2.45) is 0 Å². The second kappa shape index (κ2) is 8.54. The zero-order valence-electron chi connectivity index (χ0n) is 16.9. The third-order valence-electron chi connectivity index (χ3n) is 5.78. The first-order chi connectivity index (χ1) is 12.1. The highest BCUT2D eigenvalue weighted by atomic mass is 28.4. The van der Waals surface area contributed by atoms with Gasteiger partial charge in [-0.05, 0) is 30.1 Å². The van der Waals surface area contributed by atoms with Gasteiger partial charge in [-0.25, -0.2) is 4.79 Å². The fraction of sp³-hybridized carbons (Fsp3) is 0.650. The van der Waals surface area contributed by atoms with Crippen LogP contribution in [0.1, 0.15) is 32.8 Å². The number of amides is 1. The van der Waals surface area contributed by atoms with E-state index in [9.17, 15) is 9.90 Å². The number of rotatable bonds is 7. The van der Waals surface area contributed by atoms with Crippen LogP contribution >= 0.6 is 0 Å². The zero-order chi connectivity index (χ0) is 19.4. The molecule has 6 heteroatoms. The van der Waals surface area contributed by atoms with Crippen LogP contribution in [0.15, 0.2) is 30.3 Å². The summed E-state index contributed by atoms with van der Waals surface area (Å²) in [5.74, 6) is 0. The molecule has 1 aromatic rings. The minimum Gasteiger partial charge on any atom is -0.465 e. The van der Waals surface area contributed by atoms with Crippen LogP contribution in [0.3, 0.4) is 0 Å². The van der Waals surface area contributed by atoms with Crippen molar-refractivity contribution >= 4 is 14.4 Å². The minimum absolute atomic E-state index is 0.0548. The maximum atomic E-state index is 11.8. The first-order valence-electron chi connectivity index (χ1n) is 9.50. The van der Waals surface area contributed by atoms with Gasteiger partial charge in [0.1, 0.15) is 0 Å². The average molecular weight is 379 g/mol. The van der Waals surface area contributed by atoms with Gasteiger partial charge in [-0.1, -0.05) is 51.1 Å². The molecular formula is C20H34N2O3Si. The van der Waals surface area contributed by atoms with Gasteiger partial charge in [-0.15, -0.1) is 0 Å². The van der Waals surface area contributed by atoms with E-state index in [0.29, 0.717) is 13.2 Å². The summed E-state index contributed by atoms with van der Waals surface area (Å²) in [7, 11) is -1.84. The molecule has 0 saturated carbocycles. The fourth-order valence-electron chi connectivity index (χ4n) is 3.10. The Hall–Kier alpha value is -1.37. The van der Waals surface area contributed by atoms with Crippen molar-refractivity contribution in [1.29, 1.82) is 0 Å². The average Bonchev–Trinajstić information content (AvgIpc) is 2.99. The van der Waals surface area contributed by atoms with Gasteiger partial charge in [0.25, 0.3) is 0 Å². The van der Waals surface area contributed by atoms with Crippen LogP contribution in [-0.4, -0.2) is 61.6 Å². The Kier molecular flexibility index (Phi) is 6.88. The summed E-state index contributed by atoms with van der Waals surface area (Å²) in [5.41, 5.74) is 1.27. The second-order valence-electron chi connectivity index (χ2n) is 8.75. The molecule has 2 rings (SSSR count). The Morgan fingerprint density at radius 2 is 1.96 bits per heavy atom. The molecule has 1 aliphatic heterocycles. The number of hydrogen-bond acceptors (Lipinski definition) is 3. The van der Waals surface area contributed by atoms with Crippen LogP contribution in [0.4, 0.5) is 4.79 Å². The van der Waals surface area contributed by atoms with Gasteiger partial charge >= 0.3 is 6.09 Å². The number of hydrogen-bond donors (Lipinski definition) is 1. The summed E-state index contributed by atoms with van der Waals surface area (Å²) in [6.45, 7) is 14.6. The molecule has 1 saturated heterocycles. The van der Waals surface area contributed by atoms with E-state index in [2.05, 4.69) is 50.9 Å². The van der Waals surface area contributed by atoms with Gasteiger partial charge in [-0.3, -0.25) is 4.90 Å². The highest BCUT2D eigenvalue weighted by molar-refractivity contribution is 6.74. The van der Waals surface area contributed by atoms with Crippen LogP contribution in [-0.2, 0) is 11.0 Å². The van der Waals surface area contributed by atoms with Crippen molar-refractivity contribution in [2.45, 2.75) is 57.9 Å². The Morgan fingerprint density at radius 3 is 2.54 bits per heavy atom. The van der Waals surface area contributed by atoms with Crippen LogP contribution < -0.4 is 0 Å². The van der Waals surface area contributed by atoms with E-state index < -0.39 is 14.4 Å². The van der Waals surface area contributed by atoms with E-state index in [0.717, 1.165) is 26.1 Å². The fourth-order valence-corrected chi connectivity index (χ4v) is 4.14. The molecule has 0 aromatic heterocycles. The Labute approximate surface area is 159 Å². The van der Waals surface area contributed by atoms with Crippen molar-refractivity contribution in [3.05, 3.63) is 35.9 Å². The molecule has 1 aromatic carbocycles. The van der Waals surface area contributed by atoms with Gasteiger partial charge in [0.2, 0.25) is 0 Å². The molecule has 5 nitrogen and oxygen atoms in total. The molecule has 0 spiro atoms.